The van der Waals surface area contributed by atoms with Crippen molar-refractivity contribution in [3.8, 4) is 0 Å². The van der Waals surface area contributed by atoms with E-state index < -0.39 is 0 Å². The summed E-state index contributed by atoms with van der Waals surface area (Å²) in [6, 6.07) is 8.11. The molecule has 1 aromatic rings. The molecular formula is C15H20N2O2. The maximum absolute atomic E-state index is 12.0. The molecular weight excluding hydrogens is 240 g/mol. The van der Waals surface area contributed by atoms with Crippen molar-refractivity contribution in [2.24, 2.45) is 0 Å². The van der Waals surface area contributed by atoms with Crippen molar-refractivity contribution in [2.45, 2.75) is 25.4 Å². The Labute approximate surface area is 113 Å². The van der Waals surface area contributed by atoms with Crippen LogP contribution in [0.1, 0.15) is 17.5 Å². The lowest BCUT2D eigenvalue weighted by molar-refractivity contribution is -0.123. The maximum Gasteiger partial charge on any atom is 0.237 e. The molecule has 4 nitrogen and oxygen atoms in total. The molecule has 19 heavy (non-hydrogen) atoms. The van der Waals surface area contributed by atoms with Crippen LogP contribution in [0.4, 0.5) is 0 Å². The number of carbonyl (C=O) groups excluding carboxylic acids is 1. The van der Waals surface area contributed by atoms with Crippen molar-refractivity contribution < 1.29 is 9.53 Å². The number of hydrogen-bond donors (Lipinski definition) is 2. The Bertz CT molecular complexity index is 446. The van der Waals surface area contributed by atoms with Crippen LogP contribution in [0.15, 0.2) is 37.1 Å². The monoisotopic (exact) mass is 260 g/mol. The molecule has 1 heterocycles. The first-order valence-corrected chi connectivity index (χ1v) is 6.61. The van der Waals surface area contributed by atoms with Crippen molar-refractivity contribution in [3.05, 3.63) is 48.2 Å². The number of ether oxygens (including phenoxy) is 1. The summed E-state index contributed by atoms with van der Waals surface area (Å²) in [6.07, 6.45) is 2.97. The fraction of sp³-hybridized carbons (Fsp3) is 0.400. The molecule has 0 unspecified atom stereocenters. The second-order valence-electron chi connectivity index (χ2n) is 4.59. The number of carbonyl (C=O) groups is 1. The Morgan fingerprint density at radius 2 is 2.26 bits per heavy atom. The highest BCUT2D eigenvalue weighted by Crippen LogP contribution is 2.16. The zero-order valence-corrected chi connectivity index (χ0v) is 11.0. The third kappa shape index (κ3) is 3.83. The van der Waals surface area contributed by atoms with E-state index in [1.807, 2.05) is 12.1 Å². The minimum atomic E-state index is -0.129. The van der Waals surface area contributed by atoms with Gasteiger partial charge in [-0.25, -0.2) is 0 Å². The zero-order chi connectivity index (χ0) is 13.5. The molecule has 0 bridgehead atoms. The fourth-order valence-corrected chi connectivity index (χ4v) is 2.21. The third-order valence-corrected chi connectivity index (χ3v) is 3.25. The Kier molecular flexibility index (Phi) is 4.98. The van der Waals surface area contributed by atoms with E-state index in [1.54, 1.807) is 0 Å². The minimum Gasteiger partial charge on any atom is -0.502 e. The normalized spacial score (nSPS) is 17.4. The molecule has 0 saturated carbocycles. The average molecular weight is 260 g/mol. The van der Waals surface area contributed by atoms with Gasteiger partial charge in [-0.1, -0.05) is 30.8 Å². The highest BCUT2D eigenvalue weighted by molar-refractivity contribution is 5.82. The maximum atomic E-state index is 12.0. The van der Waals surface area contributed by atoms with Gasteiger partial charge in [-0.2, -0.15) is 0 Å². The first kappa shape index (κ1) is 13.6. The van der Waals surface area contributed by atoms with Crippen molar-refractivity contribution >= 4 is 5.91 Å². The lowest BCUT2D eigenvalue weighted by atomic mass is 9.95. The molecule has 2 N–H and O–H groups in total. The van der Waals surface area contributed by atoms with Gasteiger partial charge < -0.3 is 15.4 Å². The summed E-state index contributed by atoms with van der Waals surface area (Å²) >= 11 is 0. The second-order valence-corrected chi connectivity index (χ2v) is 4.59. The zero-order valence-electron chi connectivity index (χ0n) is 11.0. The van der Waals surface area contributed by atoms with Crippen LogP contribution in [0.2, 0.25) is 0 Å². The van der Waals surface area contributed by atoms with Gasteiger partial charge in [-0.15, -0.1) is 0 Å². The predicted octanol–water partition coefficient (Wildman–Crippen LogP) is 1.37. The van der Waals surface area contributed by atoms with Gasteiger partial charge in [0.25, 0.3) is 0 Å². The number of rotatable bonds is 6. The summed E-state index contributed by atoms with van der Waals surface area (Å²) in [5.41, 5.74) is 2.54. The molecule has 0 radical (unpaired) electrons. The molecule has 0 aromatic heterocycles. The van der Waals surface area contributed by atoms with Crippen LogP contribution in [0.25, 0.3) is 0 Å². The number of amides is 1. The largest absolute Gasteiger partial charge is 0.502 e. The van der Waals surface area contributed by atoms with Crippen molar-refractivity contribution in [3.63, 3.8) is 0 Å². The highest BCUT2D eigenvalue weighted by Gasteiger charge is 2.23. The fourth-order valence-electron chi connectivity index (χ4n) is 2.21. The smallest absolute Gasteiger partial charge is 0.237 e. The van der Waals surface area contributed by atoms with Crippen molar-refractivity contribution in [1.82, 2.24) is 10.6 Å². The topological polar surface area (TPSA) is 50.4 Å². The summed E-state index contributed by atoms with van der Waals surface area (Å²) in [6.45, 7) is 5.45. The molecule has 1 aliphatic heterocycles. The lowest BCUT2D eigenvalue weighted by Gasteiger charge is -2.25. The van der Waals surface area contributed by atoms with Gasteiger partial charge in [0.15, 0.2) is 0 Å². The van der Waals surface area contributed by atoms with Gasteiger partial charge in [0.2, 0.25) is 5.91 Å². The van der Waals surface area contributed by atoms with Gasteiger partial charge in [-0.05, 0) is 24.0 Å². The van der Waals surface area contributed by atoms with E-state index >= 15 is 0 Å². The Hall–Kier alpha value is -1.81. The van der Waals surface area contributed by atoms with Crippen LogP contribution in [-0.4, -0.2) is 25.1 Å². The van der Waals surface area contributed by atoms with Gasteiger partial charge in [0.05, 0.1) is 18.9 Å². The molecule has 1 atom stereocenters. The first-order valence-electron chi connectivity index (χ1n) is 6.61. The Morgan fingerprint density at radius 3 is 3.05 bits per heavy atom. The predicted molar refractivity (Wildman–Crippen MR) is 74.5 cm³/mol. The van der Waals surface area contributed by atoms with Crippen molar-refractivity contribution in [2.75, 3.05) is 13.2 Å². The van der Waals surface area contributed by atoms with Gasteiger partial charge in [0.1, 0.15) is 0 Å². The number of benzene rings is 1. The van der Waals surface area contributed by atoms with Gasteiger partial charge in [-0.3, -0.25) is 4.79 Å². The molecule has 0 saturated heterocycles. The molecule has 1 aliphatic rings. The molecule has 2 rings (SSSR count). The SMILES string of the molecule is C=COCCCNC(=O)[C@@H]1Cc2ccccc2CN1. The number of nitrogens with one attached hydrogen (secondary N) is 2. The molecule has 1 aromatic carbocycles. The quantitative estimate of drug-likeness (QED) is 0.600. The summed E-state index contributed by atoms with van der Waals surface area (Å²) in [5.74, 6) is 0.0631. The summed E-state index contributed by atoms with van der Waals surface area (Å²) in [5, 5.41) is 6.19. The van der Waals surface area contributed by atoms with Crippen LogP contribution in [-0.2, 0) is 22.5 Å². The van der Waals surface area contributed by atoms with Crippen LogP contribution in [0.5, 0.6) is 0 Å². The lowest BCUT2D eigenvalue weighted by Crippen LogP contribution is -2.47. The first-order chi connectivity index (χ1) is 9.31. The Balaban J connectivity index is 1.77. The van der Waals surface area contributed by atoms with E-state index in [1.165, 1.54) is 17.4 Å². The average Bonchev–Trinajstić information content (AvgIpc) is 2.46. The molecule has 102 valence electrons. The van der Waals surface area contributed by atoms with E-state index in [9.17, 15) is 4.79 Å². The molecule has 0 fully saturated rings. The molecule has 0 spiro atoms. The van der Waals surface area contributed by atoms with Gasteiger partial charge >= 0.3 is 0 Å². The summed E-state index contributed by atoms with van der Waals surface area (Å²) in [7, 11) is 0. The van der Waals surface area contributed by atoms with E-state index in [0.717, 1.165) is 19.4 Å². The summed E-state index contributed by atoms with van der Waals surface area (Å²) < 4.78 is 5.00. The molecule has 0 aliphatic carbocycles. The number of fused-ring (bicyclic) bond motifs is 1. The summed E-state index contributed by atoms with van der Waals surface area (Å²) in [4.78, 5) is 12.0. The molecule has 1 amide bonds. The van der Waals surface area contributed by atoms with E-state index in [2.05, 4.69) is 29.3 Å². The van der Waals surface area contributed by atoms with Crippen LogP contribution < -0.4 is 10.6 Å². The van der Waals surface area contributed by atoms with Crippen LogP contribution in [0, 0.1) is 0 Å². The minimum absolute atomic E-state index is 0.0631. The van der Waals surface area contributed by atoms with E-state index in [4.69, 9.17) is 4.74 Å². The van der Waals surface area contributed by atoms with E-state index in [-0.39, 0.29) is 11.9 Å². The standard InChI is InChI=1S/C15H20N2O2/c1-2-19-9-5-8-16-15(18)14-10-12-6-3-4-7-13(12)11-17-14/h2-4,6-7,14,17H,1,5,8-11H2,(H,16,18)/t14-/m0/s1. The highest BCUT2D eigenvalue weighted by atomic mass is 16.5. The second kappa shape index (κ2) is 6.95. The van der Waals surface area contributed by atoms with Crippen molar-refractivity contribution in [1.29, 1.82) is 0 Å². The Morgan fingerprint density at radius 1 is 1.47 bits per heavy atom. The van der Waals surface area contributed by atoms with E-state index in [0.29, 0.717) is 13.2 Å². The molecule has 4 heteroatoms. The third-order valence-electron chi connectivity index (χ3n) is 3.25. The van der Waals surface area contributed by atoms with Crippen LogP contribution in [0.3, 0.4) is 0 Å². The van der Waals surface area contributed by atoms with Crippen LogP contribution >= 0.6 is 0 Å². The van der Waals surface area contributed by atoms with Gasteiger partial charge in [0, 0.05) is 13.1 Å². The number of hydrogen-bond acceptors (Lipinski definition) is 3.